The lowest BCUT2D eigenvalue weighted by Crippen LogP contribution is -2.48. The third-order valence-corrected chi connectivity index (χ3v) is 5.23. The Bertz CT molecular complexity index is 744. The van der Waals surface area contributed by atoms with Crippen LogP contribution in [0.25, 0.3) is 0 Å². The fourth-order valence-corrected chi connectivity index (χ4v) is 3.35. The number of benzene rings is 1. The highest BCUT2D eigenvalue weighted by Gasteiger charge is 2.32. The van der Waals surface area contributed by atoms with E-state index in [4.69, 9.17) is 0 Å². The van der Waals surface area contributed by atoms with Gasteiger partial charge >= 0.3 is 6.18 Å². The van der Waals surface area contributed by atoms with Crippen LogP contribution in [0.5, 0.6) is 0 Å². The van der Waals surface area contributed by atoms with Gasteiger partial charge in [-0.2, -0.15) is 13.2 Å². The molecule has 1 atom stereocenters. The molecule has 162 valence electrons. The summed E-state index contributed by atoms with van der Waals surface area (Å²) < 4.78 is 39.1. The lowest BCUT2D eigenvalue weighted by Gasteiger charge is -2.28. The lowest BCUT2D eigenvalue weighted by molar-refractivity contribution is -0.137. The topological polar surface area (TPSA) is 56.7 Å². The first-order valence-corrected chi connectivity index (χ1v) is 9.87. The number of guanidine groups is 1. The van der Waals surface area contributed by atoms with Gasteiger partial charge in [0.25, 0.3) is 0 Å². The van der Waals surface area contributed by atoms with E-state index in [9.17, 15) is 18.0 Å². The van der Waals surface area contributed by atoms with E-state index >= 15 is 0 Å². The number of nitrogens with zero attached hydrogens (tertiary/aromatic N) is 2. The third-order valence-electron chi connectivity index (χ3n) is 5.23. The van der Waals surface area contributed by atoms with Crippen molar-refractivity contribution in [2.24, 2.45) is 10.9 Å². The molecule has 2 rings (SSSR count). The van der Waals surface area contributed by atoms with Crippen molar-refractivity contribution in [3.63, 3.8) is 0 Å². The Kier molecular flexibility index (Phi) is 7.19. The predicted octanol–water partition coefficient (Wildman–Crippen LogP) is 3.40. The molecular weight excluding hydrogens is 381 g/mol. The molecule has 8 heteroatoms. The fraction of sp³-hybridized carbons (Fsp3) is 0.619. The molecular formula is C21H31F3N4O. The van der Waals surface area contributed by atoms with E-state index in [1.165, 1.54) is 12.1 Å². The molecule has 0 saturated carbocycles. The van der Waals surface area contributed by atoms with Crippen molar-refractivity contribution in [2.45, 2.75) is 51.7 Å². The Labute approximate surface area is 170 Å². The van der Waals surface area contributed by atoms with Crippen molar-refractivity contribution < 1.29 is 18.0 Å². The van der Waals surface area contributed by atoms with Gasteiger partial charge in [0.05, 0.1) is 5.56 Å². The minimum atomic E-state index is -4.36. The molecule has 0 radical (unpaired) electrons. The number of alkyl halides is 3. The Balaban J connectivity index is 1.96. The van der Waals surface area contributed by atoms with Gasteiger partial charge in [0.15, 0.2) is 5.96 Å². The first kappa shape index (κ1) is 23.0. The van der Waals surface area contributed by atoms with Gasteiger partial charge < -0.3 is 15.5 Å². The van der Waals surface area contributed by atoms with E-state index in [0.717, 1.165) is 12.5 Å². The molecule has 1 fully saturated rings. The maximum Gasteiger partial charge on any atom is 0.416 e. The molecule has 1 heterocycles. The van der Waals surface area contributed by atoms with Crippen molar-refractivity contribution >= 4 is 11.9 Å². The van der Waals surface area contributed by atoms with Gasteiger partial charge in [0.2, 0.25) is 5.91 Å². The highest BCUT2D eigenvalue weighted by Crippen LogP contribution is 2.32. The SMILES string of the molecule is CN=C(NCC(C)(C)c1cccc(C(F)(F)F)c1)NC1CCN(C(=O)C(C)C)C1. The van der Waals surface area contributed by atoms with Gasteiger partial charge in [-0.15, -0.1) is 0 Å². The summed E-state index contributed by atoms with van der Waals surface area (Å²) in [6.07, 6.45) is -3.53. The second kappa shape index (κ2) is 9.05. The van der Waals surface area contributed by atoms with Crippen LogP contribution < -0.4 is 10.6 Å². The molecule has 5 nitrogen and oxygen atoms in total. The number of halogens is 3. The van der Waals surface area contributed by atoms with E-state index in [1.807, 2.05) is 32.6 Å². The number of hydrogen-bond acceptors (Lipinski definition) is 2. The Morgan fingerprint density at radius 1 is 1.28 bits per heavy atom. The van der Waals surface area contributed by atoms with E-state index in [1.54, 1.807) is 13.1 Å². The quantitative estimate of drug-likeness (QED) is 0.576. The van der Waals surface area contributed by atoms with Crippen LogP contribution in [0.4, 0.5) is 13.2 Å². The van der Waals surface area contributed by atoms with Gasteiger partial charge in [-0.25, -0.2) is 0 Å². The van der Waals surface area contributed by atoms with E-state index < -0.39 is 17.2 Å². The predicted molar refractivity (Wildman–Crippen MR) is 109 cm³/mol. The maximum absolute atomic E-state index is 13.0. The van der Waals surface area contributed by atoms with Crippen LogP contribution in [-0.2, 0) is 16.4 Å². The molecule has 2 N–H and O–H groups in total. The monoisotopic (exact) mass is 412 g/mol. The maximum atomic E-state index is 13.0. The molecule has 29 heavy (non-hydrogen) atoms. The number of amides is 1. The molecule has 1 saturated heterocycles. The second-order valence-corrected chi connectivity index (χ2v) is 8.46. The third kappa shape index (κ3) is 6.11. The standard InChI is InChI=1S/C21H31F3N4O/c1-14(2)18(29)28-10-9-17(12-28)27-19(25-5)26-13-20(3,4)15-7-6-8-16(11-15)21(22,23)24/h6-8,11,14,17H,9-10,12-13H2,1-5H3,(H2,25,26,27). The summed E-state index contributed by atoms with van der Waals surface area (Å²) in [4.78, 5) is 18.2. The smallest absolute Gasteiger partial charge is 0.356 e. The largest absolute Gasteiger partial charge is 0.416 e. The molecule has 1 aromatic carbocycles. The van der Waals surface area contributed by atoms with E-state index in [2.05, 4.69) is 15.6 Å². The van der Waals surface area contributed by atoms with Crippen LogP contribution in [0.2, 0.25) is 0 Å². The van der Waals surface area contributed by atoms with Crippen LogP contribution in [0, 0.1) is 5.92 Å². The van der Waals surface area contributed by atoms with Crippen molar-refractivity contribution in [3.8, 4) is 0 Å². The summed E-state index contributed by atoms with van der Waals surface area (Å²) in [7, 11) is 1.65. The van der Waals surface area contributed by atoms with Gasteiger partial charge in [-0.1, -0.05) is 45.9 Å². The summed E-state index contributed by atoms with van der Waals surface area (Å²) in [5.41, 5.74) is -0.579. The number of hydrogen-bond donors (Lipinski definition) is 2. The molecule has 0 bridgehead atoms. The number of carbonyl (C=O) groups excluding carboxylic acids is 1. The summed E-state index contributed by atoms with van der Waals surface area (Å²) >= 11 is 0. The molecule has 0 spiro atoms. The number of carbonyl (C=O) groups is 1. The summed E-state index contributed by atoms with van der Waals surface area (Å²) in [6, 6.07) is 5.52. The van der Waals surface area contributed by atoms with E-state index in [0.29, 0.717) is 31.2 Å². The van der Waals surface area contributed by atoms with Crippen molar-refractivity contribution in [1.29, 1.82) is 0 Å². The number of nitrogens with one attached hydrogen (secondary N) is 2. The zero-order valence-electron chi connectivity index (χ0n) is 17.7. The molecule has 1 amide bonds. The van der Waals surface area contributed by atoms with Crippen molar-refractivity contribution in [1.82, 2.24) is 15.5 Å². The molecule has 1 aromatic rings. The van der Waals surface area contributed by atoms with Crippen LogP contribution in [0.3, 0.4) is 0 Å². The molecule has 0 aromatic heterocycles. The molecule has 1 unspecified atom stereocenters. The molecule has 1 aliphatic rings. The van der Waals surface area contributed by atoms with Crippen LogP contribution in [0.1, 0.15) is 45.2 Å². The number of rotatable bonds is 5. The van der Waals surface area contributed by atoms with Gasteiger partial charge in [0.1, 0.15) is 0 Å². The summed E-state index contributed by atoms with van der Waals surface area (Å²) in [6.45, 7) is 9.30. The van der Waals surface area contributed by atoms with Crippen molar-refractivity contribution in [2.75, 3.05) is 26.7 Å². The van der Waals surface area contributed by atoms with Gasteiger partial charge in [-0.05, 0) is 18.1 Å². The highest BCUT2D eigenvalue weighted by atomic mass is 19.4. The number of likely N-dealkylation sites (tertiary alicyclic amines) is 1. The average Bonchev–Trinajstić information content (AvgIpc) is 3.12. The van der Waals surface area contributed by atoms with Crippen LogP contribution in [0.15, 0.2) is 29.3 Å². The highest BCUT2D eigenvalue weighted by molar-refractivity contribution is 5.81. The molecule has 1 aliphatic heterocycles. The zero-order valence-corrected chi connectivity index (χ0v) is 17.7. The first-order valence-electron chi connectivity index (χ1n) is 9.87. The normalized spacial score (nSPS) is 18.3. The lowest BCUT2D eigenvalue weighted by atomic mass is 9.84. The van der Waals surface area contributed by atoms with Gasteiger partial charge in [0, 0.05) is 44.1 Å². The Hall–Kier alpha value is -2.25. The van der Waals surface area contributed by atoms with Crippen LogP contribution in [-0.4, -0.2) is 49.5 Å². The minimum Gasteiger partial charge on any atom is -0.356 e. The Morgan fingerprint density at radius 3 is 2.52 bits per heavy atom. The van der Waals surface area contributed by atoms with Crippen LogP contribution >= 0.6 is 0 Å². The first-order chi connectivity index (χ1) is 13.4. The zero-order chi connectivity index (χ0) is 21.8. The summed E-state index contributed by atoms with van der Waals surface area (Å²) in [5, 5.41) is 6.53. The fourth-order valence-electron chi connectivity index (χ4n) is 3.35. The molecule has 0 aliphatic carbocycles. The van der Waals surface area contributed by atoms with E-state index in [-0.39, 0.29) is 17.9 Å². The van der Waals surface area contributed by atoms with Gasteiger partial charge in [-0.3, -0.25) is 9.79 Å². The Morgan fingerprint density at radius 2 is 1.93 bits per heavy atom. The van der Waals surface area contributed by atoms with Crippen molar-refractivity contribution in [3.05, 3.63) is 35.4 Å². The number of aliphatic imine (C=N–C) groups is 1. The summed E-state index contributed by atoms with van der Waals surface area (Å²) in [5.74, 6) is 0.691. The minimum absolute atomic E-state index is 0.0283. The second-order valence-electron chi connectivity index (χ2n) is 8.46. The average molecular weight is 413 g/mol.